The van der Waals surface area contributed by atoms with E-state index in [1.54, 1.807) is 20.7 Å². The van der Waals surface area contributed by atoms with Crippen LogP contribution in [-0.2, 0) is 11.3 Å². The maximum atomic E-state index is 13.1. The zero-order valence-electron chi connectivity index (χ0n) is 15.5. The van der Waals surface area contributed by atoms with E-state index in [9.17, 15) is 9.59 Å². The van der Waals surface area contributed by atoms with Crippen molar-refractivity contribution in [1.29, 1.82) is 0 Å². The van der Waals surface area contributed by atoms with Gasteiger partial charge in [0.1, 0.15) is 6.04 Å². The van der Waals surface area contributed by atoms with Crippen molar-refractivity contribution in [3.63, 3.8) is 0 Å². The molecule has 0 bridgehead atoms. The van der Waals surface area contributed by atoms with Crippen molar-refractivity contribution in [3.05, 3.63) is 60.4 Å². The Labute approximate surface area is 158 Å². The molecule has 138 valence electrons. The summed E-state index contributed by atoms with van der Waals surface area (Å²) in [5.74, 6) is -0.159. The molecular weight excluding hydrogens is 340 g/mol. The molecule has 0 fully saturated rings. The Morgan fingerprint density at radius 2 is 1.96 bits per heavy atom. The highest BCUT2D eigenvalue weighted by atomic mass is 16.2. The number of hydrogen-bond acceptors (Lipinski definition) is 3. The summed E-state index contributed by atoms with van der Waals surface area (Å²) in [5.41, 5.74) is 1.49. The monoisotopic (exact) mass is 362 g/mol. The summed E-state index contributed by atoms with van der Waals surface area (Å²) in [6, 6.07) is 12.9. The third kappa shape index (κ3) is 2.87. The predicted molar refractivity (Wildman–Crippen MR) is 105 cm³/mol. The number of benzene rings is 2. The minimum Gasteiger partial charge on any atom is -0.339 e. The summed E-state index contributed by atoms with van der Waals surface area (Å²) in [6.07, 6.45) is 3.60. The van der Waals surface area contributed by atoms with E-state index in [4.69, 9.17) is 0 Å². The first-order chi connectivity index (χ1) is 13.1. The van der Waals surface area contributed by atoms with Gasteiger partial charge in [-0.3, -0.25) is 19.2 Å². The fraction of sp³-hybridized carbons (Fsp3) is 0.286. The molecule has 0 saturated carbocycles. The fourth-order valence-corrected chi connectivity index (χ4v) is 3.78. The summed E-state index contributed by atoms with van der Waals surface area (Å²) in [5, 5.41) is 6.14. The molecule has 1 atom stereocenters. The highest BCUT2D eigenvalue weighted by Crippen LogP contribution is 2.38. The number of carbonyl (C=O) groups is 2. The lowest BCUT2D eigenvalue weighted by molar-refractivity contribution is -0.132. The van der Waals surface area contributed by atoms with Gasteiger partial charge in [0.2, 0.25) is 5.91 Å². The maximum Gasteiger partial charge on any atom is 0.259 e. The van der Waals surface area contributed by atoms with Crippen LogP contribution < -0.4 is 4.90 Å². The molecule has 4 rings (SSSR count). The third-order valence-electron chi connectivity index (χ3n) is 5.19. The number of hydrogen-bond donors (Lipinski definition) is 0. The van der Waals surface area contributed by atoms with Crippen LogP contribution in [0.1, 0.15) is 24.2 Å². The molecule has 0 saturated heterocycles. The first-order valence-corrected chi connectivity index (χ1v) is 9.23. The minimum atomic E-state index is -0.562. The molecule has 0 unspecified atom stereocenters. The maximum absolute atomic E-state index is 13.1. The van der Waals surface area contributed by atoms with Gasteiger partial charge in [-0.05, 0) is 37.4 Å². The van der Waals surface area contributed by atoms with Crippen LogP contribution in [0.2, 0.25) is 0 Å². The highest BCUT2D eigenvalue weighted by Gasteiger charge is 2.37. The highest BCUT2D eigenvalue weighted by molar-refractivity contribution is 6.26. The zero-order chi connectivity index (χ0) is 19.0. The van der Waals surface area contributed by atoms with Crippen LogP contribution in [0.25, 0.3) is 10.8 Å². The second-order valence-corrected chi connectivity index (χ2v) is 6.72. The first kappa shape index (κ1) is 17.3. The smallest absolute Gasteiger partial charge is 0.259 e. The quantitative estimate of drug-likeness (QED) is 0.677. The van der Waals surface area contributed by atoms with Crippen LogP contribution in [0.4, 0.5) is 5.69 Å². The van der Waals surface area contributed by atoms with Crippen LogP contribution in [-0.4, -0.2) is 45.6 Å². The lowest BCUT2D eigenvalue weighted by atomic mass is 10.1. The van der Waals surface area contributed by atoms with E-state index < -0.39 is 6.04 Å². The van der Waals surface area contributed by atoms with E-state index in [2.05, 4.69) is 5.10 Å². The van der Waals surface area contributed by atoms with Gasteiger partial charge < -0.3 is 4.90 Å². The Bertz CT molecular complexity index is 991. The van der Waals surface area contributed by atoms with Crippen LogP contribution in [0, 0.1) is 0 Å². The van der Waals surface area contributed by atoms with Crippen molar-refractivity contribution in [2.45, 2.75) is 26.4 Å². The van der Waals surface area contributed by atoms with E-state index in [1.165, 1.54) is 0 Å². The minimum absolute atomic E-state index is 0.0529. The fourth-order valence-electron chi connectivity index (χ4n) is 3.78. The Morgan fingerprint density at radius 1 is 1.19 bits per heavy atom. The normalized spacial score (nSPS) is 14.0. The Balaban J connectivity index is 1.58. The number of rotatable bonds is 6. The second-order valence-electron chi connectivity index (χ2n) is 6.72. The molecule has 0 radical (unpaired) electrons. The summed E-state index contributed by atoms with van der Waals surface area (Å²) < 4.78 is 1.80. The van der Waals surface area contributed by atoms with Gasteiger partial charge in [0.05, 0.1) is 12.2 Å². The SMILES string of the molecule is CCN(CCn1cccn1)C(=O)[C@@H](C)N1C(=O)c2cccc3cccc1c23. The van der Waals surface area contributed by atoms with Crippen LogP contribution in [0.3, 0.4) is 0 Å². The number of likely N-dealkylation sites (N-methyl/N-ethyl adjacent to an activating group) is 1. The summed E-state index contributed by atoms with van der Waals surface area (Å²) in [6.45, 7) is 5.53. The lowest BCUT2D eigenvalue weighted by Crippen LogP contribution is -2.49. The molecule has 0 N–H and O–H groups in total. The zero-order valence-corrected chi connectivity index (χ0v) is 15.5. The van der Waals surface area contributed by atoms with Gasteiger partial charge in [-0.15, -0.1) is 0 Å². The van der Waals surface area contributed by atoms with Gasteiger partial charge in [-0.25, -0.2) is 0 Å². The van der Waals surface area contributed by atoms with Gasteiger partial charge in [0, 0.05) is 36.4 Å². The van der Waals surface area contributed by atoms with Gasteiger partial charge in [0.25, 0.3) is 5.91 Å². The number of carbonyl (C=O) groups excluding carboxylic acids is 2. The largest absolute Gasteiger partial charge is 0.339 e. The average Bonchev–Trinajstić information content (AvgIpc) is 3.30. The van der Waals surface area contributed by atoms with E-state index in [0.29, 0.717) is 25.2 Å². The van der Waals surface area contributed by atoms with Crippen molar-refractivity contribution in [2.24, 2.45) is 0 Å². The predicted octanol–water partition coefficient (Wildman–Crippen LogP) is 2.93. The molecule has 6 heteroatoms. The van der Waals surface area contributed by atoms with E-state index >= 15 is 0 Å². The summed E-state index contributed by atoms with van der Waals surface area (Å²) >= 11 is 0. The van der Waals surface area contributed by atoms with Crippen LogP contribution >= 0.6 is 0 Å². The molecule has 3 aromatic rings. The molecule has 6 nitrogen and oxygen atoms in total. The number of aromatic nitrogens is 2. The van der Waals surface area contributed by atoms with Crippen LogP contribution in [0.5, 0.6) is 0 Å². The molecule has 2 amide bonds. The molecule has 1 aliphatic rings. The molecule has 0 aliphatic carbocycles. The topological polar surface area (TPSA) is 58.4 Å². The van der Waals surface area contributed by atoms with Gasteiger partial charge in [-0.1, -0.05) is 24.3 Å². The molecule has 27 heavy (non-hydrogen) atoms. The molecule has 2 aromatic carbocycles. The lowest BCUT2D eigenvalue weighted by Gasteiger charge is -2.30. The molecule has 1 aromatic heterocycles. The standard InChI is InChI=1S/C21H22N4O2/c1-3-23(13-14-24-12-6-11-22-24)20(26)15(2)25-18-10-5-8-16-7-4-9-17(19(16)18)21(25)27/h4-12,15H,3,13-14H2,1-2H3/t15-/m1/s1. The van der Waals surface area contributed by atoms with Crippen molar-refractivity contribution < 1.29 is 9.59 Å². The number of anilines is 1. The first-order valence-electron chi connectivity index (χ1n) is 9.23. The average molecular weight is 362 g/mol. The number of amides is 2. The molecule has 2 heterocycles. The van der Waals surface area contributed by atoms with Crippen molar-refractivity contribution in [1.82, 2.24) is 14.7 Å². The molecular formula is C21H22N4O2. The van der Waals surface area contributed by atoms with Crippen LogP contribution in [0.15, 0.2) is 54.9 Å². The Hall–Kier alpha value is -3.15. The van der Waals surface area contributed by atoms with E-state index in [-0.39, 0.29) is 11.8 Å². The molecule has 1 aliphatic heterocycles. The molecule has 0 spiro atoms. The second kappa shape index (κ2) is 6.87. The Morgan fingerprint density at radius 3 is 2.67 bits per heavy atom. The summed E-state index contributed by atoms with van der Waals surface area (Å²) in [7, 11) is 0. The van der Waals surface area contributed by atoms with Crippen molar-refractivity contribution >= 4 is 28.3 Å². The van der Waals surface area contributed by atoms with Gasteiger partial charge in [-0.2, -0.15) is 5.10 Å². The van der Waals surface area contributed by atoms with Crippen molar-refractivity contribution in [3.8, 4) is 0 Å². The third-order valence-corrected chi connectivity index (χ3v) is 5.19. The van der Waals surface area contributed by atoms with Crippen molar-refractivity contribution in [2.75, 3.05) is 18.0 Å². The van der Waals surface area contributed by atoms with E-state index in [0.717, 1.165) is 16.5 Å². The van der Waals surface area contributed by atoms with E-state index in [1.807, 2.05) is 62.5 Å². The Kier molecular flexibility index (Phi) is 4.39. The van der Waals surface area contributed by atoms with Gasteiger partial charge >= 0.3 is 0 Å². The number of nitrogens with zero attached hydrogens (tertiary/aromatic N) is 4. The van der Waals surface area contributed by atoms with Gasteiger partial charge in [0.15, 0.2) is 0 Å². The summed E-state index contributed by atoms with van der Waals surface area (Å²) in [4.78, 5) is 29.6.